The van der Waals surface area contributed by atoms with Crippen LogP contribution in [0.25, 0.3) is 0 Å². The number of benzene rings is 1. The van der Waals surface area contributed by atoms with Gasteiger partial charge in [0.2, 0.25) is 0 Å². The largest absolute Gasteiger partial charge is 0.471 e. The molecule has 1 amide bonds. The number of nitrogens with one attached hydrogen (secondary N) is 1. The average molecular weight is 238 g/mol. The van der Waals surface area contributed by atoms with Crippen LogP contribution in [0.5, 0.6) is 0 Å². The maximum atomic E-state index is 11.9. The highest BCUT2D eigenvalue weighted by Crippen LogP contribution is 2.22. The van der Waals surface area contributed by atoms with E-state index in [0.29, 0.717) is 5.02 Å². The van der Waals surface area contributed by atoms with Crippen LogP contribution < -0.4 is 5.32 Å². The molecule has 6 heteroatoms. The molecule has 0 fully saturated rings. The third kappa shape index (κ3) is 3.13. The molecule has 0 aliphatic carbocycles. The number of carbonyl (C=O) groups is 1. The molecule has 1 aromatic rings. The van der Waals surface area contributed by atoms with Crippen LogP contribution in [0, 0.1) is 6.92 Å². The van der Waals surface area contributed by atoms with Crippen molar-refractivity contribution < 1.29 is 18.0 Å². The smallest absolute Gasteiger partial charge is 0.318 e. The Labute approximate surface area is 89.0 Å². The van der Waals surface area contributed by atoms with Gasteiger partial charge in [-0.15, -0.1) is 0 Å². The second-order valence-corrected chi connectivity index (χ2v) is 3.32. The highest BCUT2D eigenvalue weighted by Gasteiger charge is 2.38. The van der Waals surface area contributed by atoms with Gasteiger partial charge in [-0.25, -0.2) is 0 Å². The van der Waals surface area contributed by atoms with E-state index in [0.717, 1.165) is 5.56 Å². The summed E-state index contributed by atoms with van der Waals surface area (Å²) in [7, 11) is 0. The van der Waals surface area contributed by atoms with Crippen LogP contribution in [0.15, 0.2) is 18.2 Å². The minimum Gasteiger partial charge on any atom is -0.318 e. The van der Waals surface area contributed by atoms with Crippen molar-refractivity contribution in [3.05, 3.63) is 28.8 Å². The van der Waals surface area contributed by atoms with E-state index in [-0.39, 0.29) is 5.69 Å². The Hall–Kier alpha value is -1.23. The molecular formula is C9H7ClF3NO. The van der Waals surface area contributed by atoms with Crippen molar-refractivity contribution in [3.63, 3.8) is 0 Å². The maximum absolute atomic E-state index is 11.9. The summed E-state index contributed by atoms with van der Waals surface area (Å²) in [6.07, 6.45) is -4.89. The van der Waals surface area contributed by atoms with Crippen molar-refractivity contribution >= 4 is 23.2 Å². The van der Waals surface area contributed by atoms with E-state index in [4.69, 9.17) is 11.6 Å². The van der Waals surface area contributed by atoms with Crippen LogP contribution in [0.3, 0.4) is 0 Å². The molecule has 0 heterocycles. The molecule has 0 aromatic heterocycles. The third-order valence-electron chi connectivity index (χ3n) is 1.69. The van der Waals surface area contributed by atoms with Crippen LogP contribution in [0.4, 0.5) is 18.9 Å². The fourth-order valence-corrected chi connectivity index (χ4v) is 1.05. The number of anilines is 1. The topological polar surface area (TPSA) is 29.1 Å². The molecular weight excluding hydrogens is 231 g/mol. The van der Waals surface area contributed by atoms with Crippen LogP contribution in [-0.2, 0) is 4.79 Å². The quantitative estimate of drug-likeness (QED) is 0.799. The Morgan fingerprint density at radius 2 is 2.00 bits per heavy atom. The monoisotopic (exact) mass is 237 g/mol. The molecule has 0 aliphatic heterocycles. The van der Waals surface area contributed by atoms with Gasteiger partial charge in [-0.3, -0.25) is 4.79 Å². The third-order valence-corrected chi connectivity index (χ3v) is 2.09. The Kier molecular flexibility index (Phi) is 3.24. The van der Waals surface area contributed by atoms with Crippen LogP contribution in [0.2, 0.25) is 5.02 Å². The number of halogens is 4. The lowest BCUT2D eigenvalue weighted by atomic mass is 10.2. The summed E-state index contributed by atoms with van der Waals surface area (Å²) in [6, 6.07) is 4.14. The first kappa shape index (κ1) is 11.8. The van der Waals surface area contributed by atoms with Gasteiger partial charge >= 0.3 is 12.1 Å². The fourth-order valence-electron chi connectivity index (χ4n) is 0.873. The lowest BCUT2D eigenvalue weighted by Gasteiger charge is -2.08. The fraction of sp³-hybridized carbons (Fsp3) is 0.222. The molecule has 0 atom stereocenters. The van der Waals surface area contributed by atoms with Gasteiger partial charge in [-0.1, -0.05) is 17.7 Å². The van der Waals surface area contributed by atoms with Gasteiger partial charge in [-0.2, -0.15) is 13.2 Å². The first-order valence-corrected chi connectivity index (χ1v) is 4.33. The minimum atomic E-state index is -4.89. The molecule has 82 valence electrons. The van der Waals surface area contributed by atoms with Crippen molar-refractivity contribution in [3.8, 4) is 0 Å². The Morgan fingerprint density at radius 3 is 2.47 bits per heavy atom. The molecule has 2 nitrogen and oxygen atoms in total. The SMILES string of the molecule is Cc1ccc(NC(=O)C(F)(F)F)cc1Cl. The molecule has 1 aromatic carbocycles. The number of carbonyl (C=O) groups excluding carboxylic acids is 1. The summed E-state index contributed by atoms with van der Waals surface area (Å²) < 4.78 is 35.6. The van der Waals surface area contributed by atoms with Crippen molar-refractivity contribution in [2.75, 3.05) is 5.32 Å². The van der Waals surface area contributed by atoms with E-state index in [1.165, 1.54) is 18.2 Å². The molecule has 0 aliphatic rings. The summed E-state index contributed by atoms with van der Waals surface area (Å²) in [5.41, 5.74) is 0.745. The zero-order chi connectivity index (χ0) is 11.6. The zero-order valence-electron chi connectivity index (χ0n) is 7.65. The summed E-state index contributed by atoms with van der Waals surface area (Å²) in [6.45, 7) is 1.71. The standard InChI is InChI=1S/C9H7ClF3NO/c1-5-2-3-6(4-7(5)10)14-8(15)9(11,12)13/h2-4H,1H3,(H,14,15). The van der Waals surface area contributed by atoms with Crippen LogP contribution in [0.1, 0.15) is 5.56 Å². The van der Waals surface area contributed by atoms with Crippen molar-refractivity contribution in [2.45, 2.75) is 13.1 Å². The van der Waals surface area contributed by atoms with Gasteiger partial charge in [-0.05, 0) is 24.6 Å². The Bertz CT molecular complexity index is 389. The number of rotatable bonds is 1. The van der Waals surface area contributed by atoms with E-state index in [9.17, 15) is 18.0 Å². The Morgan fingerprint density at radius 1 is 1.40 bits per heavy atom. The minimum absolute atomic E-state index is 0.0212. The highest BCUT2D eigenvalue weighted by molar-refractivity contribution is 6.31. The predicted molar refractivity (Wildman–Crippen MR) is 50.9 cm³/mol. The van der Waals surface area contributed by atoms with E-state index >= 15 is 0 Å². The zero-order valence-corrected chi connectivity index (χ0v) is 8.41. The second-order valence-electron chi connectivity index (χ2n) is 2.92. The lowest BCUT2D eigenvalue weighted by Crippen LogP contribution is -2.29. The van der Waals surface area contributed by atoms with E-state index in [2.05, 4.69) is 0 Å². The van der Waals surface area contributed by atoms with Crippen LogP contribution >= 0.6 is 11.6 Å². The van der Waals surface area contributed by atoms with Gasteiger partial charge in [0.15, 0.2) is 0 Å². The normalized spacial score (nSPS) is 11.3. The molecule has 0 spiro atoms. The first-order chi connectivity index (χ1) is 6.80. The van der Waals surface area contributed by atoms with E-state index in [1.807, 2.05) is 0 Å². The number of alkyl halides is 3. The summed E-state index contributed by atoms with van der Waals surface area (Å²) in [5.74, 6) is -2.01. The number of hydrogen-bond acceptors (Lipinski definition) is 1. The van der Waals surface area contributed by atoms with E-state index in [1.54, 1.807) is 12.2 Å². The molecule has 0 saturated carbocycles. The summed E-state index contributed by atoms with van der Waals surface area (Å²) in [4.78, 5) is 10.6. The lowest BCUT2D eigenvalue weighted by molar-refractivity contribution is -0.167. The van der Waals surface area contributed by atoms with Gasteiger partial charge in [0.1, 0.15) is 0 Å². The number of aryl methyl sites for hydroxylation is 1. The van der Waals surface area contributed by atoms with Gasteiger partial charge < -0.3 is 5.32 Å². The van der Waals surface area contributed by atoms with E-state index < -0.39 is 12.1 Å². The molecule has 15 heavy (non-hydrogen) atoms. The van der Waals surface area contributed by atoms with Crippen molar-refractivity contribution in [1.29, 1.82) is 0 Å². The second kappa shape index (κ2) is 4.10. The molecule has 1 rings (SSSR count). The van der Waals surface area contributed by atoms with Gasteiger partial charge in [0.25, 0.3) is 0 Å². The molecule has 0 unspecified atom stereocenters. The molecule has 0 radical (unpaired) electrons. The maximum Gasteiger partial charge on any atom is 0.471 e. The van der Waals surface area contributed by atoms with Crippen LogP contribution in [-0.4, -0.2) is 12.1 Å². The summed E-state index contributed by atoms with van der Waals surface area (Å²) in [5, 5.41) is 2.00. The Balaban J connectivity index is 2.83. The number of hydrogen-bond donors (Lipinski definition) is 1. The summed E-state index contributed by atoms with van der Waals surface area (Å²) >= 11 is 5.68. The molecule has 0 saturated heterocycles. The van der Waals surface area contributed by atoms with Crippen molar-refractivity contribution in [1.82, 2.24) is 0 Å². The van der Waals surface area contributed by atoms with Gasteiger partial charge in [0.05, 0.1) is 0 Å². The average Bonchev–Trinajstić information content (AvgIpc) is 2.10. The predicted octanol–water partition coefficient (Wildman–Crippen LogP) is 3.15. The van der Waals surface area contributed by atoms with Gasteiger partial charge in [0, 0.05) is 10.7 Å². The number of amides is 1. The van der Waals surface area contributed by atoms with Crippen molar-refractivity contribution in [2.24, 2.45) is 0 Å². The highest BCUT2D eigenvalue weighted by atomic mass is 35.5. The first-order valence-electron chi connectivity index (χ1n) is 3.95. The molecule has 0 bridgehead atoms. The molecule has 1 N–H and O–H groups in total.